The van der Waals surface area contributed by atoms with E-state index in [1.807, 2.05) is 16.7 Å². The molecule has 0 saturated carbocycles. The fourth-order valence-corrected chi connectivity index (χ4v) is 3.28. The molecule has 1 heterocycles. The third-order valence-electron chi connectivity index (χ3n) is 3.73. The molecule has 0 unspecified atom stereocenters. The molecule has 2 rings (SSSR count). The van der Waals surface area contributed by atoms with Crippen molar-refractivity contribution in [2.24, 2.45) is 0 Å². The minimum absolute atomic E-state index is 0.248. The largest absolute Gasteiger partial charge is 0.312 e. The van der Waals surface area contributed by atoms with E-state index in [-0.39, 0.29) is 5.91 Å². The molecule has 1 aliphatic rings. The normalized spacial score (nSPS) is 18.4. The highest BCUT2D eigenvalue weighted by molar-refractivity contribution is 7.98. The van der Waals surface area contributed by atoms with Crippen molar-refractivity contribution in [2.45, 2.75) is 38.8 Å². The minimum Gasteiger partial charge on any atom is -0.312 e. The fourth-order valence-electron chi connectivity index (χ4n) is 2.69. The molecule has 0 radical (unpaired) electrons. The predicted molar refractivity (Wildman–Crippen MR) is 87.4 cm³/mol. The third-order valence-corrected chi connectivity index (χ3v) is 4.56. The van der Waals surface area contributed by atoms with Crippen LogP contribution in [0.4, 0.5) is 5.69 Å². The molecule has 1 amide bonds. The van der Waals surface area contributed by atoms with E-state index in [1.165, 1.54) is 5.56 Å². The second kappa shape index (κ2) is 7.14. The number of hydrogen-bond acceptors (Lipinski definition) is 3. The number of amides is 1. The lowest BCUT2D eigenvalue weighted by atomic mass is 10.1. The lowest BCUT2D eigenvalue weighted by molar-refractivity contribution is -0.117. The Bertz CT molecular complexity index is 446. The zero-order chi connectivity index (χ0) is 14.5. The van der Waals surface area contributed by atoms with Gasteiger partial charge in [0.2, 0.25) is 5.91 Å². The van der Waals surface area contributed by atoms with Gasteiger partial charge in [0.15, 0.2) is 0 Å². The summed E-state index contributed by atoms with van der Waals surface area (Å²) in [7, 11) is 0. The smallest absolute Gasteiger partial charge is 0.227 e. The van der Waals surface area contributed by atoms with Crippen LogP contribution in [0.3, 0.4) is 0 Å². The summed E-state index contributed by atoms with van der Waals surface area (Å²) in [5.41, 5.74) is 2.30. The van der Waals surface area contributed by atoms with E-state index >= 15 is 0 Å². The average molecular weight is 292 g/mol. The van der Waals surface area contributed by atoms with E-state index in [1.54, 1.807) is 0 Å². The van der Waals surface area contributed by atoms with Crippen LogP contribution in [0.2, 0.25) is 0 Å². The van der Waals surface area contributed by atoms with Gasteiger partial charge in [-0.1, -0.05) is 12.1 Å². The van der Waals surface area contributed by atoms with Gasteiger partial charge in [-0.2, -0.15) is 11.8 Å². The summed E-state index contributed by atoms with van der Waals surface area (Å²) in [5.74, 6) is 1.36. The van der Waals surface area contributed by atoms with Gasteiger partial charge >= 0.3 is 0 Å². The van der Waals surface area contributed by atoms with Gasteiger partial charge in [0.25, 0.3) is 0 Å². The summed E-state index contributed by atoms with van der Waals surface area (Å²) in [6.07, 6.45) is 3.79. The van der Waals surface area contributed by atoms with E-state index in [0.29, 0.717) is 18.5 Å². The molecular weight excluding hydrogens is 268 g/mol. The molecule has 1 fully saturated rings. The zero-order valence-corrected chi connectivity index (χ0v) is 13.4. The first-order valence-electron chi connectivity index (χ1n) is 7.27. The summed E-state index contributed by atoms with van der Waals surface area (Å²) in [6.45, 7) is 5.26. The molecule has 0 spiro atoms. The van der Waals surface area contributed by atoms with Gasteiger partial charge in [-0.25, -0.2) is 0 Å². The van der Waals surface area contributed by atoms with Crippen LogP contribution in [-0.4, -0.2) is 30.5 Å². The van der Waals surface area contributed by atoms with Crippen LogP contribution in [0.25, 0.3) is 0 Å². The molecule has 0 bridgehead atoms. The quantitative estimate of drug-likeness (QED) is 0.874. The van der Waals surface area contributed by atoms with Crippen molar-refractivity contribution in [3.8, 4) is 0 Å². The molecule has 3 nitrogen and oxygen atoms in total. The average Bonchev–Trinajstić information content (AvgIpc) is 2.85. The molecule has 1 aliphatic heterocycles. The molecule has 4 heteroatoms. The molecule has 2 atom stereocenters. The first kappa shape index (κ1) is 15.4. The van der Waals surface area contributed by atoms with Gasteiger partial charge in [-0.15, -0.1) is 0 Å². The van der Waals surface area contributed by atoms with Crippen LogP contribution in [0.5, 0.6) is 0 Å². The molecule has 0 aromatic heterocycles. The molecule has 1 N–H and O–H groups in total. The van der Waals surface area contributed by atoms with E-state index in [4.69, 9.17) is 0 Å². The van der Waals surface area contributed by atoms with Crippen molar-refractivity contribution in [2.75, 3.05) is 23.5 Å². The number of thioether (sulfide) groups is 1. The number of carbonyl (C=O) groups is 1. The van der Waals surface area contributed by atoms with Gasteiger partial charge in [0.05, 0.1) is 0 Å². The van der Waals surface area contributed by atoms with Gasteiger partial charge in [-0.3, -0.25) is 4.79 Å². The topological polar surface area (TPSA) is 32.3 Å². The van der Waals surface area contributed by atoms with Crippen LogP contribution in [-0.2, 0) is 4.79 Å². The molecule has 1 aromatic rings. The summed E-state index contributed by atoms with van der Waals surface area (Å²) < 4.78 is 0. The van der Waals surface area contributed by atoms with Crippen LogP contribution in [0, 0.1) is 0 Å². The Kier molecular flexibility index (Phi) is 5.49. The van der Waals surface area contributed by atoms with Crippen molar-refractivity contribution in [3.05, 3.63) is 29.8 Å². The molecule has 0 aliphatic carbocycles. The van der Waals surface area contributed by atoms with Crippen molar-refractivity contribution in [3.63, 3.8) is 0 Å². The number of benzene rings is 1. The van der Waals surface area contributed by atoms with E-state index in [9.17, 15) is 4.79 Å². The summed E-state index contributed by atoms with van der Waals surface area (Å²) in [6, 6.07) is 9.22. The monoisotopic (exact) mass is 292 g/mol. The van der Waals surface area contributed by atoms with E-state index in [2.05, 4.69) is 49.7 Å². The Morgan fingerprint density at radius 2 is 2.00 bits per heavy atom. The van der Waals surface area contributed by atoms with E-state index in [0.717, 1.165) is 24.4 Å². The Morgan fingerprint density at radius 3 is 2.55 bits per heavy atom. The number of nitrogens with one attached hydrogen (secondary N) is 1. The van der Waals surface area contributed by atoms with Crippen molar-refractivity contribution in [1.29, 1.82) is 0 Å². The highest BCUT2D eigenvalue weighted by Crippen LogP contribution is 2.23. The number of carbonyl (C=O) groups excluding carboxylic acids is 1. The zero-order valence-electron chi connectivity index (χ0n) is 12.6. The number of nitrogens with zero attached hydrogens (tertiary/aromatic N) is 1. The molecule has 1 aromatic carbocycles. The summed E-state index contributed by atoms with van der Waals surface area (Å²) in [5, 5.41) is 3.59. The summed E-state index contributed by atoms with van der Waals surface area (Å²) >= 11 is 1.86. The van der Waals surface area contributed by atoms with Gasteiger partial charge in [-0.05, 0) is 44.2 Å². The highest BCUT2D eigenvalue weighted by atomic mass is 32.2. The van der Waals surface area contributed by atoms with Gasteiger partial charge < -0.3 is 10.2 Å². The molecule has 110 valence electrons. The van der Waals surface area contributed by atoms with Crippen LogP contribution in [0.1, 0.15) is 38.3 Å². The van der Waals surface area contributed by atoms with Crippen LogP contribution < -0.4 is 10.2 Å². The minimum atomic E-state index is 0.248. The predicted octanol–water partition coefficient (Wildman–Crippen LogP) is 3.22. The number of hydrogen-bond donors (Lipinski definition) is 1. The highest BCUT2D eigenvalue weighted by Gasteiger charge is 2.21. The van der Waals surface area contributed by atoms with Crippen molar-refractivity contribution in [1.82, 2.24) is 5.32 Å². The Labute approximate surface area is 126 Å². The Hall–Kier alpha value is -1.00. The molecule has 1 saturated heterocycles. The molecule has 20 heavy (non-hydrogen) atoms. The van der Waals surface area contributed by atoms with Crippen LogP contribution >= 0.6 is 11.8 Å². The second-order valence-electron chi connectivity index (χ2n) is 5.49. The van der Waals surface area contributed by atoms with Crippen molar-refractivity contribution < 1.29 is 4.79 Å². The van der Waals surface area contributed by atoms with Gasteiger partial charge in [0, 0.05) is 36.5 Å². The molecular formula is C16H24N2OS. The lowest BCUT2D eigenvalue weighted by Crippen LogP contribution is -2.30. The van der Waals surface area contributed by atoms with Crippen molar-refractivity contribution >= 4 is 23.4 Å². The maximum absolute atomic E-state index is 11.7. The Morgan fingerprint density at radius 1 is 1.30 bits per heavy atom. The first-order valence-corrected chi connectivity index (χ1v) is 8.66. The summed E-state index contributed by atoms with van der Waals surface area (Å²) in [4.78, 5) is 13.6. The SMILES string of the molecule is CSC[C@@H](C)N[C@H](C)c1ccc(N2CCCC2=O)cc1. The standard InChI is InChI=1S/C16H24N2OS/c1-12(11-20-3)17-13(2)14-6-8-15(9-7-14)18-10-4-5-16(18)19/h6-9,12-13,17H,4-5,10-11H2,1-3H3/t12-,13-/m1/s1. The fraction of sp³-hybridized carbons (Fsp3) is 0.562. The lowest BCUT2D eigenvalue weighted by Gasteiger charge is -2.21. The maximum Gasteiger partial charge on any atom is 0.227 e. The number of anilines is 1. The second-order valence-corrected chi connectivity index (χ2v) is 6.40. The van der Waals surface area contributed by atoms with Crippen LogP contribution in [0.15, 0.2) is 24.3 Å². The third kappa shape index (κ3) is 3.76. The maximum atomic E-state index is 11.7. The number of rotatable bonds is 6. The Balaban J connectivity index is 1.98. The van der Waals surface area contributed by atoms with Gasteiger partial charge in [0.1, 0.15) is 0 Å². The first-order chi connectivity index (χ1) is 9.61. The van der Waals surface area contributed by atoms with E-state index < -0.39 is 0 Å².